The molecule has 1 saturated carbocycles. The van der Waals surface area contributed by atoms with Crippen molar-refractivity contribution in [3.63, 3.8) is 0 Å². The maximum Gasteiger partial charge on any atom is 0.227 e. The molecule has 126 valence electrons. The molecular weight excluding hydrogens is 294 g/mol. The number of rotatable bonds is 2. The molecule has 1 saturated heterocycles. The quantitative estimate of drug-likeness (QED) is 0.787. The monoisotopic (exact) mass is 321 g/mol. The zero-order valence-corrected chi connectivity index (χ0v) is 15.0. The zero-order valence-electron chi connectivity index (χ0n) is 15.0. The first-order chi connectivity index (χ1) is 11.4. The van der Waals surface area contributed by atoms with Gasteiger partial charge in [-0.3, -0.25) is 4.79 Å². The van der Waals surface area contributed by atoms with E-state index in [1.54, 1.807) is 0 Å². The van der Waals surface area contributed by atoms with Gasteiger partial charge >= 0.3 is 0 Å². The lowest BCUT2D eigenvalue weighted by molar-refractivity contribution is -0.138. The highest BCUT2D eigenvalue weighted by Gasteiger charge is 2.55. The van der Waals surface area contributed by atoms with Crippen LogP contribution in [-0.4, -0.2) is 23.9 Å². The molecule has 2 aromatic carbocycles. The molecule has 2 nitrogen and oxygen atoms in total. The van der Waals surface area contributed by atoms with E-state index in [4.69, 9.17) is 0 Å². The van der Waals surface area contributed by atoms with E-state index in [1.807, 2.05) is 0 Å². The summed E-state index contributed by atoms with van der Waals surface area (Å²) in [4.78, 5) is 15.0. The van der Waals surface area contributed by atoms with Crippen LogP contribution in [0.3, 0.4) is 0 Å². The molecule has 24 heavy (non-hydrogen) atoms. The van der Waals surface area contributed by atoms with Crippen LogP contribution in [0.15, 0.2) is 42.5 Å². The molecule has 2 atom stereocenters. The van der Waals surface area contributed by atoms with Gasteiger partial charge in [0.2, 0.25) is 5.91 Å². The van der Waals surface area contributed by atoms with E-state index in [2.05, 4.69) is 68.1 Å². The molecule has 1 unspecified atom stereocenters. The van der Waals surface area contributed by atoms with Crippen LogP contribution in [0, 0.1) is 16.7 Å². The molecule has 2 heteroatoms. The second kappa shape index (κ2) is 5.34. The number of piperidine rings is 1. The van der Waals surface area contributed by atoms with Crippen molar-refractivity contribution in [1.82, 2.24) is 4.90 Å². The standard InChI is InChI=1S/C22H27NO/c1-21(2)19-10-11-22(21,3)15-23(14-19)20(24)13-16-8-9-17-6-4-5-7-18(17)12-16/h4-9,12,19H,10-11,13-15H2,1-3H3/t19?,22-/m0/s1. The third-order valence-electron chi connectivity index (χ3n) is 7.12. The molecule has 1 amide bonds. The zero-order chi connectivity index (χ0) is 16.9. The molecule has 2 aromatic rings. The SMILES string of the molecule is CC1(C)C2CC[C@@]1(C)CN(C(=O)Cc1ccc3ccccc3c1)C2. The third-order valence-corrected chi connectivity index (χ3v) is 7.12. The molecule has 2 bridgehead atoms. The van der Waals surface area contributed by atoms with Crippen LogP contribution >= 0.6 is 0 Å². The minimum Gasteiger partial charge on any atom is -0.342 e. The van der Waals surface area contributed by atoms with Crippen molar-refractivity contribution in [2.75, 3.05) is 13.1 Å². The number of fused-ring (bicyclic) bond motifs is 3. The molecular formula is C22H27NO. The summed E-state index contributed by atoms with van der Waals surface area (Å²) in [5.41, 5.74) is 1.75. The summed E-state index contributed by atoms with van der Waals surface area (Å²) in [6.07, 6.45) is 3.04. The van der Waals surface area contributed by atoms with E-state index in [9.17, 15) is 4.79 Å². The Morgan fingerprint density at radius 1 is 1.12 bits per heavy atom. The molecule has 1 aliphatic heterocycles. The van der Waals surface area contributed by atoms with E-state index in [0.29, 0.717) is 23.7 Å². The molecule has 0 aromatic heterocycles. The van der Waals surface area contributed by atoms with Crippen LogP contribution in [0.2, 0.25) is 0 Å². The van der Waals surface area contributed by atoms with Crippen molar-refractivity contribution in [2.24, 2.45) is 16.7 Å². The summed E-state index contributed by atoms with van der Waals surface area (Å²) in [6, 6.07) is 14.7. The van der Waals surface area contributed by atoms with Crippen LogP contribution in [0.1, 0.15) is 39.2 Å². The van der Waals surface area contributed by atoms with Gasteiger partial charge in [-0.25, -0.2) is 0 Å². The van der Waals surface area contributed by atoms with E-state index in [0.717, 1.165) is 18.7 Å². The Bertz CT molecular complexity index is 793. The van der Waals surface area contributed by atoms with Crippen molar-refractivity contribution in [1.29, 1.82) is 0 Å². The number of benzene rings is 2. The molecule has 1 heterocycles. The second-order valence-corrected chi connectivity index (χ2v) is 8.65. The molecule has 0 radical (unpaired) electrons. The minimum atomic E-state index is 0.273. The number of likely N-dealkylation sites (tertiary alicyclic amines) is 1. The molecule has 0 spiro atoms. The number of nitrogens with zero attached hydrogens (tertiary/aromatic N) is 1. The Morgan fingerprint density at radius 2 is 1.88 bits per heavy atom. The second-order valence-electron chi connectivity index (χ2n) is 8.65. The van der Waals surface area contributed by atoms with Gasteiger partial charge < -0.3 is 4.90 Å². The van der Waals surface area contributed by atoms with E-state index in [1.165, 1.54) is 23.6 Å². The van der Waals surface area contributed by atoms with Gasteiger partial charge in [0.05, 0.1) is 6.42 Å². The highest BCUT2D eigenvalue weighted by Crippen LogP contribution is 2.58. The Balaban J connectivity index is 1.52. The van der Waals surface area contributed by atoms with Crippen LogP contribution < -0.4 is 0 Å². The van der Waals surface area contributed by atoms with Gasteiger partial charge in [0, 0.05) is 13.1 Å². The normalized spacial score (nSPS) is 28.3. The Hall–Kier alpha value is -1.83. The minimum absolute atomic E-state index is 0.273. The summed E-state index contributed by atoms with van der Waals surface area (Å²) in [5.74, 6) is 0.940. The molecule has 1 aliphatic carbocycles. The van der Waals surface area contributed by atoms with Gasteiger partial charge in [0.1, 0.15) is 0 Å². The maximum atomic E-state index is 12.9. The van der Waals surface area contributed by atoms with Gasteiger partial charge in [0.15, 0.2) is 0 Å². The topological polar surface area (TPSA) is 20.3 Å². The Labute approximate surface area is 144 Å². The number of carbonyl (C=O) groups is 1. The third kappa shape index (κ3) is 2.35. The molecule has 2 fully saturated rings. The highest BCUT2D eigenvalue weighted by molar-refractivity contribution is 5.85. The van der Waals surface area contributed by atoms with Crippen LogP contribution in [0.25, 0.3) is 10.8 Å². The van der Waals surface area contributed by atoms with Crippen molar-refractivity contribution in [2.45, 2.75) is 40.0 Å². The lowest BCUT2D eigenvalue weighted by Gasteiger charge is -2.50. The number of amides is 1. The lowest BCUT2D eigenvalue weighted by Crippen LogP contribution is -2.54. The maximum absolute atomic E-state index is 12.9. The summed E-state index contributed by atoms with van der Waals surface area (Å²) >= 11 is 0. The summed E-state index contributed by atoms with van der Waals surface area (Å²) in [5, 5.41) is 2.45. The average Bonchev–Trinajstić information content (AvgIpc) is 2.70. The van der Waals surface area contributed by atoms with Gasteiger partial charge in [-0.1, -0.05) is 63.2 Å². The van der Waals surface area contributed by atoms with Crippen molar-refractivity contribution < 1.29 is 4.79 Å². The van der Waals surface area contributed by atoms with Crippen LogP contribution in [-0.2, 0) is 11.2 Å². The lowest BCUT2D eigenvalue weighted by atomic mass is 9.63. The fourth-order valence-electron chi connectivity index (χ4n) is 4.85. The van der Waals surface area contributed by atoms with Gasteiger partial charge in [-0.2, -0.15) is 0 Å². The van der Waals surface area contributed by atoms with Gasteiger partial charge in [-0.05, 0) is 45.9 Å². The number of carbonyl (C=O) groups excluding carboxylic acids is 1. The summed E-state index contributed by atoms with van der Waals surface area (Å²) in [7, 11) is 0. The van der Waals surface area contributed by atoms with E-state index in [-0.39, 0.29) is 5.41 Å². The Kier molecular flexibility index (Phi) is 3.49. The number of hydrogen-bond acceptors (Lipinski definition) is 1. The predicted molar refractivity (Wildman–Crippen MR) is 98.8 cm³/mol. The smallest absolute Gasteiger partial charge is 0.227 e. The van der Waals surface area contributed by atoms with E-state index >= 15 is 0 Å². The number of hydrogen-bond donors (Lipinski definition) is 0. The first-order valence-corrected chi connectivity index (χ1v) is 9.14. The summed E-state index contributed by atoms with van der Waals surface area (Å²) < 4.78 is 0. The first kappa shape index (κ1) is 15.7. The highest BCUT2D eigenvalue weighted by atomic mass is 16.2. The molecule has 4 rings (SSSR count). The fourth-order valence-corrected chi connectivity index (χ4v) is 4.85. The van der Waals surface area contributed by atoms with E-state index < -0.39 is 0 Å². The van der Waals surface area contributed by atoms with Crippen LogP contribution in [0.4, 0.5) is 0 Å². The van der Waals surface area contributed by atoms with Crippen molar-refractivity contribution >= 4 is 16.7 Å². The fraction of sp³-hybridized carbons (Fsp3) is 0.500. The van der Waals surface area contributed by atoms with Gasteiger partial charge in [0.25, 0.3) is 0 Å². The average molecular weight is 321 g/mol. The molecule has 0 N–H and O–H groups in total. The van der Waals surface area contributed by atoms with Gasteiger partial charge in [-0.15, -0.1) is 0 Å². The summed E-state index contributed by atoms with van der Waals surface area (Å²) in [6.45, 7) is 9.03. The predicted octanol–water partition coefficient (Wildman–Crippen LogP) is 4.67. The first-order valence-electron chi connectivity index (χ1n) is 9.14. The largest absolute Gasteiger partial charge is 0.342 e. The molecule has 2 aliphatic rings. The van der Waals surface area contributed by atoms with Crippen molar-refractivity contribution in [3.8, 4) is 0 Å². The van der Waals surface area contributed by atoms with Crippen LogP contribution in [0.5, 0.6) is 0 Å². The van der Waals surface area contributed by atoms with Crippen molar-refractivity contribution in [3.05, 3.63) is 48.0 Å². The Morgan fingerprint density at radius 3 is 2.62 bits per heavy atom.